The van der Waals surface area contributed by atoms with Gasteiger partial charge in [-0.05, 0) is 0 Å². The molecule has 0 saturated heterocycles. The Morgan fingerprint density at radius 3 is 2.36 bits per heavy atom. The average molecular weight is 205 g/mol. The highest BCUT2D eigenvalue weighted by molar-refractivity contribution is 6.61. The second-order valence-electron chi connectivity index (χ2n) is 3.70. The molecule has 0 spiro atoms. The molecule has 1 aromatic carbocycles. The van der Waals surface area contributed by atoms with Crippen molar-refractivity contribution in [1.29, 1.82) is 0 Å². The highest BCUT2D eigenvalue weighted by Crippen LogP contribution is 2.21. The molecule has 0 unspecified atom stereocenters. The molecule has 3 heteroatoms. The molecule has 1 amide bonds. The van der Waals surface area contributed by atoms with Crippen LogP contribution in [-0.2, 0) is 4.79 Å². The lowest BCUT2D eigenvalue weighted by Gasteiger charge is -2.21. The maximum absolute atomic E-state index is 11.5. The summed E-state index contributed by atoms with van der Waals surface area (Å²) < 4.78 is 0. The lowest BCUT2D eigenvalue weighted by atomic mass is 10.2. The summed E-state index contributed by atoms with van der Waals surface area (Å²) in [7, 11) is 2.19. The van der Waals surface area contributed by atoms with Crippen LogP contribution in [0.5, 0.6) is 0 Å². The Kier molecular flexibility index (Phi) is 3.47. The van der Waals surface area contributed by atoms with E-state index in [4.69, 9.17) is 0 Å². The lowest BCUT2D eigenvalue weighted by Crippen LogP contribution is -2.38. The van der Waals surface area contributed by atoms with E-state index in [1.54, 1.807) is 7.05 Å². The van der Waals surface area contributed by atoms with Gasteiger partial charge in [0.1, 0.15) is 0 Å². The van der Waals surface area contributed by atoms with E-state index in [1.807, 2.05) is 32.0 Å². The van der Waals surface area contributed by atoms with Crippen molar-refractivity contribution < 1.29 is 4.79 Å². The molecule has 74 valence electrons. The van der Waals surface area contributed by atoms with Gasteiger partial charge in [0.15, 0.2) is 0 Å². The Morgan fingerprint density at radius 1 is 1.29 bits per heavy atom. The fourth-order valence-corrected chi connectivity index (χ4v) is 2.57. The molecule has 1 aromatic rings. The zero-order valence-corrected chi connectivity index (χ0v) is 9.79. The summed E-state index contributed by atoms with van der Waals surface area (Å²) in [4.78, 5) is 11.5. The van der Waals surface area contributed by atoms with Gasteiger partial charge in [-0.2, -0.15) is 0 Å². The number of benzene rings is 1. The molecule has 14 heavy (non-hydrogen) atoms. The molecule has 0 aliphatic rings. The second-order valence-corrected chi connectivity index (χ2v) is 5.77. The molecule has 0 aliphatic carbocycles. The van der Waals surface area contributed by atoms with E-state index >= 15 is 0 Å². The minimum atomic E-state index is -0.309. The first kappa shape index (κ1) is 11.0. The van der Waals surface area contributed by atoms with Gasteiger partial charge in [0, 0.05) is 12.1 Å². The van der Waals surface area contributed by atoms with Crippen molar-refractivity contribution in [3.8, 4) is 0 Å². The summed E-state index contributed by atoms with van der Waals surface area (Å²) in [5.74, 6) is 0.0969. The Labute approximate surface area is 87.5 Å². The van der Waals surface area contributed by atoms with Gasteiger partial charge >= 0.3 is 0 Å². The molecule has 1 rings (SSSR count). The first-order valence-electron chi connectivity index (χ1n) is 4.61. The van der Waals surface area contributed by atoms with E-state index in [2.05, 4.69) is 17.4 Å². The van der Waals surface area contributed by atoms with Gasteiger partial charge in [-0.15, -0.1) is 0 Å². The molecular weight excluding hydrogens is 190 g/mol. The standard InChI is InChI=1S/C11H15NOSi/c1-11(2,10(13)12-3)14-9-7-5-4-6-8-9/h4-8H,1-3H3,(H,12,13). The van der Waals surface area contributed by atoms with E-state index in [-0.39, 0.29) is 10.9 Å². The van der Waals surface area contributed by atoms with Crippen LogP contribution in [0.2, 0.25) is 5.04 Å². The van der Waals surface area contributed by atoms with Crippen LogP contribution in [0, 0.1) is 0 Å². The highest BCUT2D eigenvalue weighted by atomic mass is 28.2. The largest absolute Gasteiger partial charge is 0.359 e. The predicted molar refractivity (Wildman–Crippen MR) is 59.9 cm³/mol. The second kappa shape index (κ2) is 4.42. The van der Waals surface area contributed by atoms with E-state index in [9.17, 15) is 4.79 Å². The minimum absolute atomic E-state index is 0.0969. The van der Waals surface area contributed by atoms with Gasteiger partial charge in [-0.25, -0.2) is 0 Å². The quantitative estimate of drug-likeness (QED) is 0.732. The maximum atomic E-state index is 11.5. The number of rotatable bonds is 3. The molecule has 1 N–H and O–H groups in total. The number of hydrogen-bond donors (Lipinski definition) is 1. The van der Waals surface area contributed by atoms with E-state index in [0.717, 1.165) is 0 Å². The molecule has 0 fully saturated rings. The van der Waals surface area contributed by atoms with Crippen molar-refractivity contribution in [2.75, 3.05) is 7.05 Å². The van der Waals surface area contributed by atoms with Gasteiger partial charge < -0.3 is 5.32 Å². The van der Waals surface area contributed by atoms with Crippen molar-refractivity contribution in [3.63, 3.8) is 0 Å². The van der Waals surface area contributed by atoms with Crippen LogP contribution in [0.4, 0.5) is 0 Å². The summed E-state index contributed by atoms with van der Waals surface area (Å²) in [6.45, 7) is 3.94. The maximum Gasteiger partial charge on any atom is 0.222 e. The van der Waals surface area contributed by atoms with Gasteiger partial charge in [0.2, 0.25) is 5.91 Å². The van der Waals surface area contributed by atoms with E-state index in [1.165, 1.54) is 5.19 Å². The monoisotopic (exact) mass is 205 g/mol. The van der Waals surface area contributed by atoms with Crippen LogP contribution in [-0.4, -0.2) is 22.5 Å². The van der Waals surface area contributed by atoms with Crippen molar-refractivity contribution in [3.05, 3.63) is 30.3 Å². The molecule has 0 atom stereocenters. The van der Waals surface area contributed by atoms with Gasteiger partial charge in [-0.1, -0.05) is 49.4 Å². The molecule has 0 aliphatic heterocycles. The number of hydrogen-bond acceptors (Lipinski definition) is 1. The molecule has 0 aromatic heterocycles. The Morgan fingerprint density at radius 2 is 1.86 bits per heavy atom. The van der Waals surface area contributed by atoms with Crippen LogP contribution in [0.3, 0.4) is 0 Å². The van der Waals surface area contributed by atoms with Gasteiger partial charge in [0.05, 0.1) is 9.52 Å². The summed E-state index contributed by atoms with van der Waals surface area (Å²) in [5.41, 5.74) is 0. The lowest BCUT2D eigenvalue weighted by molar-refractivity contribution is -0.122. The van der Waals surface area contributed by atoms with Crippen molar-refractivity contribution >= 4 is 20.6 Å². The highest BCUT2D eigenvalue weighted by Gasteiger charge is 2.27. The summed E-state index contributed by atoms with van der Waals surface area (Å²) in [6.07, 6.45) is 0. The Hall–Kier alpha value is -1.09. The third-order valence-corrected chi connectivity index (χ3v) is 3.50. The molecule has 0 heterocycles. The van der Waals surface area contributed by atoms with E-state index < -0.39 is 0 Å². The number of carbonyl (C=O) groups is 1. The normalized spacial score (nSPS) is 11.1. The third kappa shape index (κ3) is 2.70. The predicted octanol–water partition coefficient (Wildman–Crippen LogP) is 0.961. The summed E-state index contributed by atoms with van der Waals surface area (Å²) >= 11 is 0. The molecular formula is C11H15NOSi. The topological polar surface area (TPSA) is 29.1 Å². The van der Waals surface area contributed by atoms with Gasteiger partial charge in [-0.3, -0.25) is 4.79 Å². The van der Waals surface area contributed by atoms with Crippen molar-refractivity contribution in [1.82, 2.24) is 5.32 Å². The fraction of sp³-hybridized carbons (Fsp3) is 0.364. The smallest absolute Gasteiger partial charge is 0.222 e. The van der Waals surface area contributed by atoms with Crippen LogP contribution in [0.1, 0.15) is 13.8 Å². The van der Waals surface area contributed by atoms with Crippen LogP contribution < -0.4 is 10.5 Å². The SMILES string of the molecule is CNC(=O)C(C)(C)[Si]c1ccccc1. The van der Waals surface area contributed by atoms with E-state index in [0.29, 0.717) is 9.52 Å². The number of amides is 1. The molecule has 0 saturated carbocycles. The Bertz CT molecular complexity index is 308. The third-order valence-electron chi connectivity index (χ3n) is 2.03. The number of nitrogens with one attached hydrogen (secondary N) is 1. The summed E-state index contributed by atoms with van der Waals surface area (Å²) in [6, 6.07) is 10.1. The van der Waals surface area contributed by atoms with Gasteiger partial charge in [0.25, 0.3) is 0 Å². The zero-order chi connectivity index (χ0) is 10.6. The van der Waals surface area contributed by atoms with Crippen LogP contribution in [0.25, 0.3) is 0 Å². The van der Waals surface area contributed by atoms with Crippen LogP contribution in [0.15, 0.2) is 30.3 Å². The average Bonchev–Trinajstić information content (AvgIpc) is 2.17. The van der Waals surface area contributed by atoms with Crippen molar-refractivity contribution in [2.24, 2.45) is 0 Å². The zero-order valence-electron chi connectivity index (χ0n) is 8.79. The first-order valence-corrected chi connectivity index (χ1v) is 5.61. The summed E-state index contributed by atoms with van der Waals surface area (Å²) in [5, 5.41) is 3.61. The van der Waals surface area contributed by atoms with Crippen LogP contribution >= 0.6 is 0 Å². The Balaban J connectivity index is 2.73. The molecule has 2 radical (unpaired) electrons. The fourth-order valence-electron chi connectivity index (χ4n) is 1.25. The molecule has 0 bridgehead atoms. The molecule has 2 nitrogen and oxygen atoms in total. The van der Waals surface area contributed by atoms with Crippen molar-refractivity contribution in [2.45, 2.75) is 18.9 Å². The first-order chi connectivity index (χ1) is 6.56. The minimum Gasteiger partial charge on any atom is -0.359 e. The number of carbonyl (C=O) groups excluding carboxylic acids is 1.